The maximum absolute atomic E-state index is 14.1. The van der Waals surface area contributed by atoms with Gasteiger partial charge in [-0.15, -0.1) is 0 Å². The molecule has 1 unspecified atom stereocenters. The van der Waals surface area contributed by atoms with Crippen LogP contribution in [0.4, 0.5) is 22.0 Å². The maximum Gasteiger partial charge on any atom is 0.457 e. The summed E-state index contributed by atoms with van der Waals surface area (Å²) in [7, 11) is 0. The number of benzene rings is 1. The standard InChI is InChI=1S/C14H9BrF5NO/c15-10-6-2-1-5-9(10)12(22,11-7-3-4-8-21-11)13(16,17)14(18,19)20/h1-8,22H. The first-order valence-corrected chi connectivity index (χ1v) is 6.75. The Morgan fingerprint density at radius 2 is 1.50 bits per heavy atom. The van der Waals surface area contributed by atoms with E-state index < -0.39 is 29.0 Å². The van der Waals surface area contributed by atoms with Gasteiger partial charge in [-0.3, -0.25) is 4.98 Å². The van der Waals surface area contributed by atoms with Gasteiger partial charge in [0, 0.05) is 16.2 Å². The van der Waals surface area contributed by atoms with Crippen molar-refractivity contribution in [1.82, 2.24) is 4.98 Å². The first kappa shape index (κ1) is 16.8. The summed E-state index contributed by atoms with van der Waals surface area (Å²) in [4.78, 5) is 3.50. The highest BCUT2D eigenvalue weighted by Gasteiger charge is 2.72. The Morgan fingerprint density at radius 3 is 2.00 bits per heavy atom. The number of nitrogens with zero attached hydrogens (tertiary/aromatic N) is 1. The fraction of sp³-hybridized carbons (Fsp3) is 0.214. The lowest BCUT2D eigenvalue weighted by Gasteiger charge is -2.37. The highest BCUT2D eigenvalue weighted by molar-refractivity contribution is 9.10. The molecule has 1 aromatic heterocycles. The van der Waals surface area contributed by atoms with Crippen molar-refractivity contribution in [3.05, 3.63) is 64.4 Å². The molecule has 2 rings (SSSR count). The van der Waals surface area contributed by atoms with Crippen LogP contribution in [-0.2, 0) is 5.60 Å². The van der Waals surface area contributed by atoms with Gasteiger partial charge in [-0.05, 0) is 18.2 Å². The molecule has 118 valence electrons. The smallest absolute Gasteiger partial charge is 0.373 e. The van der Waals surface area contributed by atoms with Crippen molar-refractivity contribution in [2.75, 3.05) is 0 Å². The number of halogens is 6. The molecule has 0 fully saturated rings. The molecule has 0 radical (unpaired) electrons. The van der Waals surface area contributed by atoms with E-state index in [2.05, 4.69) is 20.9 Å². The lowest BCUT2D eigenvalue weighted by Crippen LogP contribution is -2.56. The summed E-state index contributed by atoms with van der Waals surface area (Å²) < 4.78 is 66.7. The summed E-state index contributed by atoms with van der Waals surface area (Å²) in [6, 6.07) is 8.40. The summed E-state index contributed by atoms with van der Waals surface area (Å²) in [5, 5.41) is 10.4. The molecular weight excluding hydrogens is 373 g/mol. The van der Waals surface area contributed by atoms with E-state index >= 15 is 0 Å². The van der Waals surface area contributed by atoms with Crippen molar-refractivity contribution < 1.29 is 27.1 Å². The Hall–Kier alpha value is -1.54. The number of aliphatic hydroxyl groups is 1. The van der Waals surface area contributed by atoms with E-state index in [1.54, 1.807) is 0 Å². The van der Waals surface area contributed by atoms with Crippen LogP contribution in [0.15, 0.2) is 53.1 Å². The van der Waals surface area contributed by atoms with Crippen molar-refractivity contribution in [1.29, 1.82) is 0 Å². The molecule has 0 aliphatic carbocycles. The second-order valence-corrected chi connectivity index (χ2v) is 5.33. The third kappa shape index (κ3) is 2.50. The predicted molar refractivity (Wildman–Crippen MR) is 72.4 cm³/mol. The molecule has 1 aromatic carbocycles. The lowest BCUT2D eigenvalue weighted by atomic mass is 9.83. The minimum Gasteiger partial charge on any atom is -0.373 e. The molecule has 1 heterocycles. The molecule has 22 heavy (non-hydrogen) atoms. The monoisotopic (exact) mass is 381 g/mol. The van der Waals surface area contributed by atoms with Crippen LogP contribution in [-0.4, -0.2) is 22.2 Å². The van der Waals surface area contributed by atoms with E-state index in [9.17, 15) is 27.1 Å². The quantitative estimate of drug-likeness (QED) is 0.805. The number of hydrogen-bond donors (Lipinski definition) is 1. The molecule has 0 amide bonds. The Labute approximate surface area is 130 Å². The number of alkyl halides is 5. The van der Waals surface area contributed by atoms with Crippen LogP contribution < -0.4 is 0 Å². The van der Waals surface area contributed by atoms with Gasteiger partial charge in [-0.2, -0.15) is 22.0 Å². The van der Waals surface area contributed by atoms with E-state index in [1.165, 1.54) is 30.3 Å². The maximum atomic E-state index is 14.1. The molecule has 2 aromatic rings. The van der Waals surface area contributed by atoms with E-state index in [-0.39, 0.29) is 4.47 Å². The highest BCUT2D eigenvalue weighted by Crippen LogP contribution is 2.52. The van der Waals surface area contributed by atoms with Crippen LogP contribution in [0, 0.1) is 0 Å². The van der Waals surface area contributed by atoms with Crippen molar-refractivity contribution in [2.24, 2.45) is 0 Å². The van der Waals surface area contributed by atoms with E-state index in [1.807, 2.05) is 0 Å². The molecular formula is C14H9BrF5NO. The van der Waals surface area contributed by atoms with Crippen LogP contribution >= 0.6 is 15.9 Å². The van der Waals surface area contributed by atoms with Crippen molar-refractivity contribution >= 4 is 15.9 Å². The summed E-state index contributed by atoms with van der Waals surface area (Å²) in [5.41, 5.74) is -5.09. The van der Waals surface area contributed by atoms with Gasteiger partial charge in [0.1, 0.15) is 0 Å². The third-order valence-electron chi connectivity index (χ3n) is 3.11. The molecule has 8 heteroatoms. The fourth-order valence-electron chi connectivity index (χ4n) is 2.00. The zero-order valence-electron chi connectivity index (χ0n) is 10.8. The average Bonchev–Trinajstić information content (AvgIpc) is 2.46. The van der Waals surface area contributed by atoms with Crippen molar-refractivity contribution in [3.8, 4) is 0 Å². The molecule has 0 saturated carbocycles. The van der Waals surface area contributed by atoms with Crippen LogP contribution in [0.3, 0.4) is 0 Å². The topological polar surface area (TPSA) is 33.1 Å². The second kappa shape index (κ2) is 5.58. The average molecular weight is 382 g/mol. The van der Waals surface area contributed by atoms with Crippen LogP contribution in [0.1, 0.15) is 11.3 Å². The fourth-order valence-corrected chi connectivity index (χ4v) is 2.58. The van der Waals surface area contributed by atoms with E-state index in [4.69, 9.17) is 0 Å². The highest BCUT2D eigenvalue weighted by atomic mass is 79.9. The molecule has 0 spiro atoms. The van der Waals surface area contributed by atoms with Gasteiger partial charge in [0.05, 0.1) is 5.69 Å². The second-order valence-electron chi connectivity index (χ2n) is 4.48. The first-order valence-electron chi connectivity index (χ1n) is 5.96. The minimum absolute atomic E-state index is 0.0907. The Balaban J connectivity index is 2.80. The van der Waals surface area contributed by atoms with Gasteiger partial charge >= 0.3 is 12.1 Å². The number of hydrogen-bond acceptors (Lipinski definition) is 2. The summed E-state index contributed by atoms with van der Waals surface area (Å²) in [6.07, 6.45) is -4.93. The molecule has 0 bridgehead atoms. The zero-order valence-corrected chi connectivity index (χ0v) is 12.4. The van der Waals surface area contributed by atoms with Crippen LogP contribution in [0.5, 0.6) is 0 Å². The van der Waals surface area contributed by atoms with Gasteiger partial charge in [0.25, 0.3) is 0 Å². The normalized spacial score (nSPS) is 15.4. The van der Waals surface area contributed by atoms with Crippen molar-refractivity contribution in [3.63, 3.8) is 0 Å². The minimum atomic E-state index is -5.96. The van der Waals surface area contributed by atoms with Crippen molar-refractivity contribution in [2.45, 2.75) is 17.7 Å². The first-order chi connectivity index (χ1) is 10.1. The number of aromatic nitrogens is 1. The lowest BCUT2D eigenvalue weighted by molar-refractivity contribution is -0.337. The molecule has 0 aliphatic rings. The summed E-state index contributed by atoms with van der Waals surface area (Å²) in [6.45, 7) is 0. The SMILES string of the molecule is OC(c1ccccn1)(c1ccccc1Br)C(F)(F)C(F)(F)F. The zero-order chi connectivity index (χ0) is 16.6. The largest absolute Gasteiger partial charge is 0.457 e. The Kier molecular flexibility index (Phi) is 4.27. The molecule has 0 saturated heterocycles. The number of rotatable bonds is 3. The Bertz CT molecular complexity index is 662. The number of pyridine rings is 1. The van der Waals surface area contributed by atoms with Gasteiger partial charge in [-0.1, -0.05) is 40.2 Å². The third-order valence-corrected chi connectivity index (χ3v) is 3.80. The Morgan fingerprint density at radius 1 is 0.909 bits per heavy atom. The van der Waals surface area contributed by atoms with Gasteiger partial charge < -0.3 is 5.11 Å². The predicted octanol–water partition coefficient (Wildman–Crippen LogP) is 4.28. The summed E-state index contributed by atoms with van der Waals surface area (Å²) in [5.74, 6) is -5.45. The summed E-state index contributed by atoms with van der Waals surface area (Å²) >= 11 is 2.90. The van der Waals surface area contributed by atoms with Crippen LogP contribution in [0.25, 0.3) is 0 Å². The molecule has 1 N–H and O–H groups in total. The molecule has 2 nitrogen and oxygen atoms in total. The van der Waals surface area contributed by atoms with Gasteiger partial charge in [-0.25, -0.2) is 0 Å². The molecule has 0 aliphatic heterocycles. The van der Waals surface area contributed by atoms with Gasteiger partial charge in [0.15, 0.2) is 0 Å². The van der Waals surface area contributed by atoms with Gasteiger partial charge in [0.2, 0.25) is 5.60 Å². The van der Waals surface area contributed by atoms with E-state index in [0.717, 1.165) is 18.3 Å². The molecule has 1 atom stereocenters. The van der Waals surface area contributed by atoms with Crippen LogP contribution in [0.2, 0.25) is 0 Å². The van der Waals surface area contributed by atoms with E-state index in [0.29, 0.717) is 0 Å².